The zero-order valence-electron chi connectivity index (χ0n) is 2.89. The monoisotopic (exact) mass is 74.1 g/mol. The Morgan fingerprint density at radius 3 is 1.17 bits per heavy atom. The van der Waals surface area contributed by atoms with Crippen LogP contribution in [0.2, 0.25) is 0 Å². The van der Waals surface area contributed by atoms with Gasteiger partial charge in [0, 0.05) is 0 Å². The van der Waals surface area contributed by atoms with Crippen molar-refractivity contribution in [2.75, 3.05) is 0 Å². The number of hydrogen-bond acceptors (Lipinski definition) is 2. The van der Waals surface area contributed by atoms with Crippen molar-refractivity contribution in [2.45, 2.75) is 0 Å². The van der Waals surface area contributed by atoms with Gasteiger partial charge in [-0.05, 0) is 0 Å². The Bertz CT molecular complexity index is 66.5. The number of hydrogen-bond donors (Lipinski definition) is 0. The van der Waals surface area contributed by atoms with Crippen LogP contribution in [0.3, 0.4) is 0 Å². The van der Waals surface area contributed by atoms with Crippen molar-refractivity contribution in [1.29, 1.82) is 10.5 Å². The van der Waals surface area contributed by atoms with E-state index < -0.39 is 0 Å². The average molecular weight is 73.8 g/mol. The second kappa shape index (κ2) is 22.8. The van der Waals surface area contributed by atoms with Crippen LogP contribution in [0.1, 0.15) is 0 Å². The summed E-state index contributed by atoms with van der Waals surface area (Å²) in [6, 6.07) is 2.47. The SMILES string of the molecule is N#CC#N.[BH4-].[Li+]. The smallest absolute Gasteiger partial charge is 0.181 e. The standard InChI is InChI=1S/C2N2.BH4.Li/c3-1-2-4;;/h;1H4;/q;-1;+1. The van der Waals surface area contributed by atoms with Crippen LogP contribution < -0.4 is 18.9 Å². The molecule has 0 saturated carbocycles. The summed E-state index contributed by atoms with van der Waals surface area (Å²) in [6.07, 6.45) is 0. The van der Waals surface area contributed by atoms with Gasteiger partial charge in [-0.1, -0.05) is 8.41 Å². The van der Waals surface area contributed by atoms with Crippen LogP contribution in [-0.2, 0) is 0 Å². The molecule has 0 rings (SSSR count). The summed E-state index contributed by atoms with van der Waals surface area (Å²) in [5.41, 5.74) is 0. The molecule has 0 bridgehead atoms. The molecule has 0 aromatic rings. The normalized spacial score (nSPS) is 1.67. The van der Waals surface area contributed by atoms with Crippen molar-refractivity contribution in [3.63, 3.8) is 0 Å². The Hall–Kier alpha value is -0.358. The van der Waals surface area contributed by atoms with Crippen LogP contribution in [0.25, 0.3) is 0 Å². The molecule has 0 aliphatic rings. The van der Waals surface area contributed by atoms with Gasteiger partial charge in [0.1, 0.15) is 0 Å². The van der Waals surface area contributed by atoms with E-state index in [2.05, 4.69) is 0 Å². The molecular weight excluding hydrogens is 69.8 g/mol. The summed E-state index contributed by atoms with van der Waals surface area (Å²) < 4.78 is 0. The van der Waals surface area contributed by atoms with Crippen LogP contribution in [0, 0.1) is 22.7 Å². The third-order valence-electron chi connectivity index (χ3n) is 0.0500. The first-order chi connectivity index (χ1) is 1.91. The molecular formula is C2H4BLiN2. The Morgan fingerprint density at radius 2 is 1.17 bits per heavy atom. The summed E-state index contributed by atoms with van der Waals surface area (Å²) in [6.45, 7) is 0. The third-order valence-corrected chi connectivity index (χ3v) is 0.0500. The minimum atomic E-state index is 0. The van der Waals surface area contributed by atoms with Gasteiger partial charge in [-0.2, -0.15) is 10.5 Å². The second-order valence-corrected chi connectivity index (χ2v) is 0.224. The molecule has 26 valence electrons. The van der Waals surface area contributed by atoms with Gasteiger partial charge in [-0.3, -0.25) is 0 Å². The van der Waals surface area contributed by atoms with Crippen molar-refractivity contribution < 1.29 is 18.9 Å². The Labute approximate surface area is 50.5 Å². The first-order valence-corrected chi connectivity index (χ1v) is 0.697. The van der Waals surface area contributed by atoms with Gasteiger partial charge in [0.25, 0.3) is 0 Å². The van der Waals surface area contributed by atoms with Gasteiger partial charge in [-0.25, -0.2) is 0 Å². The van der Waals surface area contributed by atoms with E-state index in [1.54, 1.807) is 0 Å². The van der Waals surface area contributed by atoms with Crippen LogP contribution in [0.4, 0.5) is 0 Å². The molecule has 0 aliphatic carbocycles. The molecule has 6 heavy (non-hydrogen) atoms. The molecule has 0 radical (unpaired) electrons. The molecule has 0 aromatic heterocycles. The molecule has 0 N–H and O–H groups in total. The summed E-state index contributed by atoms with van der Waals surface area (Å²) in [5, 5.41) is 14.5. The average Bonchev–Trinajstić information content (AvgIpc) is 1.37. The minimum Gasteiger partial charge on any atom is -0.181 e. The molecule has 0 amide bonds. The maximum atomic E-state index is 7.26. The van der Waals surface area contributed by atoms with E-state index in [-0.39, 0.29) is 27.3 Å². The molecule has 0 aromatic carbocycles. The first-order valence-electron chi connectivity index (χ1n) is 0.697. The molecule has 0 spiro atoms. The Morgan fingerprint density at radius 1 is 1.00 bits per heavy atom. The number of nitriles is 2. The predicted octanol–water partition coefficient (Wildman–Crippen LogP) is -4.41. The van der Waals surface area contributed by atoms with Crippen LogP contribution in [0.5, 0.6) is 0 Å². The fourth-order valence-corrected chi connectivity index (χ4v) is 0. The molecule has 0 fully saturated rings. The van der Waals surface area contributed by atoms with E-state index in [9.17, 15) is 0 Å². The third kappa shape index (κ3) is 61.6. The fourth-order valence-electron chi connectivity index (χ4n) is 0. The van der Waals surface area contributed by atoms with Crippen LogP contribution in [-0.4, -0.2) is 8.41 Å². The quantitative estimate of drug-likeness (QED) is 0.272. The van der Waals surface area contributed by atoms with Gasteiger partial charge in [-0.15, -0.1) is 0 Å². The van der Waals surface area contributed by atoms with Crippen LogP contribution in [0.15, 0.2) is 0 Å². The van der Waals surface area contributed by atoms with E-state index in [0.29, 0.717) is 0 Å². The van der Waals surface area contributed by atoms with Gasteiger partial charge in [0.15, 0.2) is 12.1 Å². The van der Waals surface area contributed by atoms with Crippen molar-refractivity contribution >= 4 is 8.41 Å². The van der Waals surface area contributed by atoms with Gasteiger partial charge < -0.3 is 0 Å². The molecule has 2 nitrogen and oxygen atoms in total. The molecule has 0 atom stereocenters. The summed E-state index contributed by atoms with van der Waals surface area (Å²) in [5.74, 6) is 0. The molecule has 0 saturated heterocycles. The number of nitrogens with zero attached hydrogens (tertiary/aromatic N) is 2. The summed E-state index contributed by atoms with van der Waals surface area (Å²) >= 11 is 0. The fraction of sp³-hybridized carbons (Fsp3) is 0. The van der Waals surface area contributed by atoms with E-state index in [1.807, 2.05) is 0 Å². The molecule has 0 aliphatic heterocycles. The van der Waals surface area contributed by atoms with Crippen molar-refractivity contribution in [2.24, 2.45) is 0 Å². The molecule has 4 heteroatoms. The predicted molar refractivity (Wildman–Crippen MR) is 22.6 cm³/mol. The van der Waals surface area contributed by atoms with Crippen molar-refractivity contribution in [3.05, 3.63) is 0 Å². The molecule has 0 heterocycles. The van der Waals surface area contributed by atoms with Crippen molar-refractivity contribution in [1.82, 2.24) is 0 Å². The summed E-state index contributed by atoms with van der Waals surface area (Å²) in [7, 11) is 0. The first kappa shape index (κ1) is 17.4. The van der Waals surface area contributed by atoms with Crippen molar-refractivity contribution in [3.8, 4) is 12.1 Å². The van der Waals surface area contributed by atoms with Gasteiger partial charge in [0.2, 0.25) is 0 Å². The molecule has 0 unspecified atom stereocenters. The largest absolute Gasteiger partial charge is 1.00 e. The Kier molecular flexibility index (Phi) is 66.3. The summed E-state index contributed by atoms with van der Waals surface area (Å²) in [4.78, 5) is 0. The topological polar surface area (TPSA) is 47.6 Å². The van der Waals surface area contributed by atoms with E-state index in [1.165, 1.54) is 12.1 Å². The van der Waals surface area contributed by atoms with Crippen LogP contribution >= 0.6 is 0 Å². The second-order valence-electron chi connectivity index (χ2n) is 0.224. The Balaban J connectivity index is -0.0000000450. The van der Waals surface area contributed by atoms with Gasteiger partial charge in [0.05, 0.1) is 0 Å². The zero-order chi connectivity index (χ0) is 3.41. The van der Waals surface area contributed by atoms with Gasteiger partial charge >= 0.3 is 18.9 Å². The maximum Gasteiger partial charge on any atom is 1.00 e. The van der Waals surface area contributed by atoms with E-state index in [0.717, 1.165) is 0 Å². The maximum absolute atomic E-state index is 7.26. The zero-order valence-corrected chi connectivity index (χ0v) is 2.89. The van der Waals surface area contributed by atoms with E-state index >= 15 is 0 Å². The minimum absolute atomic E-state index is 0. The van der Waals surface area contributed by atoms with E-state index in [4.69, 9.17) is 10.5 Å². The number of rotatable bonds is 0.